The number of rotatable bonds is 5. The summed E-state index contributed by atoms with van der Waals surface area (Å²) in [5.41, 5.74) is 1.67. The van der Waals surface area contributed by atoms with Gasteiger partial charge in [0.2, 0.25) is 0 Å². The fourth-order valence-corrected chi connectivity index (χ4v) is 3.61. The third-order valence-corrected chi connectivity index (χ3v) is 5.00. The van der Waals surface area contributed by atoms with Gasteiger partial charge >= 0.3 is 0 Å². The number of thiol groups is 1. The van der Waals surface area contributed by atoms with Crippen molar-refractivity contribution in [2.24, 2.45) is 5.41 Å². The van der Waals surface area contributed by atoms with Gasteiger partial charge < -0.3 is 9.64 Å². The Balaban J connectivity index is 1.94. The van der Waals surface area contributed by atoms with Crippen LogP contribution in [0.1, 0.15) is 18.4 Å². The lowest BCUT2D eigenvalue weighted by Crippen LogP contribution is -2.41. The molecule has 1 fully saturated rings. The molecule has 0 bridgehead atoms. The normalized spacial score (nSPS) is 18.7. The molecule has 1 aliphatic heterocycles. The van der Waals surface area contributed by atoms with Gasteiger partial charge in [0.15, 0.2) is 0 Å². The zero-order valence-electron chi connectivity index (χ0n) is 11.4. The summed E-state index contributed by atoms with van der Waals surface area (Å²) >= 11 is 8.10. The molecule has 2 rings (SSSR count). The van der Waals surface area contributed by atoms with E-state index in [0.717, 1.165) is 49.4 Å². The molecule has 1 aromatic rings. The lowest BCUT2D eigenvalue weighted by molar-refractivity contribution is 0.0105. The minimum atomic E-state index is 0.322. The monoisotopic (exact) mass is 343 g/mol. The maximum Gasteiger partial charge on any atom is 0.0472 e. The van der Waals surface area contributed by atoms with E-state index in [1.165, 1.54) is 5.56 Å². The van der Waals surface area contributed by atoms with Crippen LogP contribution in [0.25, 0.3) is 0 Å². The number of halogens is 1. The second kappa shape index (κ2) is 7.11. The summed E-state index contributed by atoms with van der Waals surface area (Å²) < 4.78 is 6.63. The summed E-state index contributed by atoms with van der Waals surface area (Å²) in [5, 5.41) is 0. The number of nitrogens with zero attached hydrogens (tertiary/aromatic N) is 1. The van der Waals surface area contributed by atoms with E-state index in [0.29, 0.717) is 5.41 Å². The molecule has 0 atom stereocenters. The van der Waals surface area contributed by atoms with Gasteiger partial charge in [-0.05, 0) is 48.8 Å². The molecule has 4 heteroatoms. The first-order valence-electron chi connectivity index (χ1n) is 6.75. The van der Waals surface area contributed by atoms with Crippen LogP contribution < -0.4 is 0 Å². The first-order valence-corrected chi connectivity index (χ1v) is 8.18. The van der Waals surface area contributed by atoms with Crippen LogP contribution in [0.15, 0.2) is 28.7 Å². The van der Waals surface area contributed by atoms with Gasteiger partial charge in [-0.15, -0.1) is 0 Å². The second-order valence-corrected chi connectivity index (χ2v) is 6.80. The van der Waals surface area contributed by atoms with Gasteiger partial charge in [-0.3, -0.25) is 0 Å². The van der Waals surface area contributed by atoms with Gasteiger partial charge in [-0.25, -0.2) is 0 Å². The van der Waals surface area contributed by atoms with E-state index in [4.69, 9.17) is 4.74 Å². The van der Waals surface area contributed by atoms with Gasteiger partial charge in [0.25, 0.3) is 0 Å². The van der Waals surface area contributed by atoms with Gasteiger partial charge in [-0.2, -0.15) is 12.6 Å². The Hall–Kier alpha value is -0.0300. The van der Waals surface area contributed by atoms with Crippen LogP contribution >= 0.6 is 28.6 Å². The van der Waals surface area contributed by atoms with E-state index in [1.54, 1.807) is 0 Å². The number of benzene rings is 1. The van der Waals surface area contributed by atoms with E-state index < -0.39 is 0 Å². The van der Waals surface area contributed by atoms with E-state index in [1.807, 2.05) is 0 Å². The summed E-state index contributed by atoms with van der Waals surface area (Å²) in [6.45, 7) is 3.83. The van der Waals surface area contributed by atoms with Crippen molar-refractivity contribution in [2.75, 3.05) is 32.6 Å². The van der Waals surface area contributed by atoms with Crippen molar-refractivity contribution in [3.8, 4) is 0 Å². The quantitative estimate of drug-likeness (QED) is 0.820. The van der Waals surface area contributed by atoms with Crippen LogP contribution in [-0.4, -0.2) is 37.5 Å². The predicted octanol–water partition coefficient (Wildman–Crippen LogP) is 3.61. The van der Waals surface area contributed by atoms with Crippen LogP contribution in [0.2, 0.25) is 0 Å². The highest BCUT2D eigenvalue weighted by Crippen LogP contribution is 2.32. The molecular weight excluding hydrogens is 322 g/mol. The van der Waals surface area contributed by atoms with Crippen molar-refractivity contribution in [3.63, 3.8) is 0 Å². The molecule has 0 unspecified atom stereocenters. The van der Waals surface area contributed by atoms with Crippen molar-refractivity contribution >= 4 is 28.6 Å². The van der Waals surface area contributed by atoms with Crippen LogP contribution in [0.4, 0.5) is 0 Å². The van der Waals surface area contributed by atoms with Crippen LogP contribution in [-0.2, 0) is 11.3 Å². The fourth-order valence-electron chi connectivity index (χ4n) is 2.75. The van der Waals surface area contributed by atoms with Crippen molar-refractivity contribution < 1.29 is 4.74 Å². The highest BCUT2D eigenvalue weighted by atomic mass is 79.9. The molecule has 1 saturated heterocycles. The Morgan fingerprint density at radius 2 is 2.11 bits per heavy atom. The predicted molar refractivity (Wildman–Crippen MR) is 86.8 cm³/mol. The molecular formula is C15H22BrNOS. The zero-order chi connectivity index (χ0) is 13.7. The first-order chi connectivity index (χ1) is 9.13. The van der Waals surface area contributed by atoms with E-state index >= 15 is 0 Å². The number of hydrogen-bond acceptors (Lipinski definition) is 3. The van der Waals surface area contributed by atoms with Crippen LogP contribution in [0.5, 0.6) is 0 Å². The summed E-state index contributed by atoms with van der Waals surface area (Å²) in [7, 11) is 2.20. The molecule has 1 aliphatic rings. The van der Waals surface area contributed by atoms with Crippen LogP contribution in [0, 0.1) is 5.41 Å². The molecule has 19 heavy (non-hydrogen) atoms. The van der Waals surface area contributed by atoms with E-state index in [9.17, 15) is 0 Å². The summed E-state index contributed by atoms with van der Waals surface area (Å²) in [4.78, 5) is 2.41. The zero-order valence-corrected chi connectivity index (χ0v) is 13.9. The third kappa shape index (κ3) is 4.48. The van der Waals surface area contributed by atoms with Gasteiger partial charge in [0.05, 0.1) is 0 Å². The summed E-state index contributed by atoms with van der Waals surface area (Å²) in [5.74, 6) is 0.944. The topological polar surface area (TPSA) is 12.5 Å². The van der Waals surface area contributed by atoms with Gasteiger partial charge in [-0.1, -0.05) is 28.1 Å². The molecule has 0 radical (unpaired) electrons. The Morgan fingerprint density at radius 1 is 1.37 bits per heavy atom. The second-order valence-electron chi connectivity index (χ2n) is 5.57. The Bertz CT molecular complexity index is 407. The van der Waals surface area contributed by atoms with E-state index in [2.05, 4.69) is 64.8 Å². The lowest BCUT2D eigenvalue weighted by Gasteiger charge is -2.39. The SMILES string of the molecule is CN(Cc1cccc(Br)c1)CC1(CS)CCOCC1. The first kappa shape index (κ1) is 15.4. The molecule has 0 N–H and O–H groups in total. The van der Waals surface area contributed by atoms with Gasteiger partial charge in [0, 0.05) is 30.8 Å². The van der Waals surface area contributed by atoms with E-state index in [-0.39, 0.29) is 0 Å². The van der Waals surface area contributed by atoms with Crippen molar-refractivity contribution in [3.05, 3.63) is 34.3 Å². The van der Waals surface area contributed by atoms with Crippen LogP contribution in [0.3, 0.4) is 0 Å². The molecule has 0 aromatic heterocycles. The standard InChI is InChI=1S/C15H22BrNOS/c1-17(10-13-3-2-4-14(16)9-13)11-15(12-19)5-7-18-8-6-15/h2-4,9,19H,5-8,10-12H2,1H3. The summed E-state index contributed by atoms with van der Waals surface area (Å²) in [6, 6.07) is 8.53. The Kier molecular flexibility index (Phi) is 5.75. The molecule has 0 aliphatic carbocycles. The molecule has 2 nitrogen and oxygen atoms in total. The minimum absolute atomic E-state index is 0.322. The largest absolute Gasteiger partial charge is 0.381 e. The summed E-state index contributed by atoms with van der Waals surface area (Å²) in [6.07, 6.45) is 2.25. The fraction of sp³-hybridized carbons (Fsp3) is 0.600. The minimum Gasteiger partial charge on any atom is -0.381 e. The average Bonchev–Trinajstić information content (AvgIpc) is 2.39. The molecule has 0 amide bonds. The van der Waals surface area contributed by atoms with Crippen molar-refractivity contribution in [1.29, 1.82) is 0 Å². The number of hydrogen-bond donors (Lipinski definition) is 1. The number of ether oxygens (including phenoxy) is 1. The highest BCUT2D eigenvalue weighted by Gasteiger charge is 2.32. The Morgan fingerprint density at radius 3 is 2.74 bits per heavy atom. The third-order valence-electron chi connectivity index (χ3n) is 3.84. The highest BCUT2D eigenvalue weighted by molar-refractivity contribution is 9.10. The van der Waals surface area contributed by atoms with Crippen molar-refractivity contribution in [2.45, 2.75) is 19.4 Å². The maximum atomic E-state index is 5.48. The maximum absolute atomic E-state index is 5.48. The van der Waals surface area contributed by atoms with Gasteiger partial charge in [0.1, 0.15) is 0 Å². The molecule has 1 heterocycles. The molecule has 1 aromatic carbocycles. The average molecular weight is 344 g/mol. The Labute approximate surface area is 130 Å². The smallest absolute Gasteiger partial charge is 0.0472 e. The van der Waals surface area contributed by atoms with Crippen molar-refractivity contribution in [1.82, 2.24) is 4.90 Å². The lowest BCUT2D eigenvalue weighted by atomic mass is 9.81. The molecule has 106 valence electrons. The molecule has 0 saturated carbocycles. The molecule has 0 spiro atoms.